The van der Waals surface area contributed by atoms with Crippen molar-refractivity contribution in [2.24, 2.45) is 0 Å². The number of pyridine rings is 1. The van der Waals surface area contributed by atoms with E-state index in [2.05, 4.69) is 0 Å². The van der Waals surface area contributed by atoms with Crippen molar-refractivity contribution < 1.29 is 18.0 Å². The maximum Gasteiger partial charge on any atom is 0.421 e. The van der Waals surface area contributed by atoms with Crippen molar-refractivity contribution in [3.05, 3.63) is 34.2 Å². The van der Waals surface area contributed by atoms with Gasteiger partial charge >= 0.3 is 6.18 Å². The van der Waals surface area contributed by atoms with Gasteiger partial charge in [-0.1, -0.05) is 0 Å². The third-order valence-electron chi connectivity index (χ3n) is 2.63. The number of rotatable bonds is 4. The van der Waals surface area contributed by atoms with Gasteiger partial charge < -0.3 is 9.47 Å². The van der Waals surface area contributed by atoms with E-state index in [1.807, 2.05) is 0 Å². The predicted molar refractivity (Wildman–Crippen MR) is 63.6 cm³/mol. The third kappa shape index (κ3) is 3.60. The maximum absolute atomic E-state index is 12.6. The largest absolute Gasteiger partial charge is 0.421 e. The lowest BCUT2D eigenvalue weighted by molar-refractivity contribution is -0.139. The fraction of sp³-hybridized carbons (Fsp3) is 0.417. The van der Waals surface area contributed by atoms with Crippen LogP contribution in [0.5, 0.6) is 0 Å². The molecular weight excluding hydrogens is 275 g/mol. The second-order valence-electron chi connectivity index (χ2n) is 3.92. The number of likely N-dealkylation sites (N-methyl/N-ethyl adjacent to an activating group) is 1. The highest BCUT2D eigenvalue weighted by atomic mass is 19.4. The Bertz CT molecular complexity index is 587. The SMILES string of the molecule is CCN(CC#N)C(=O)Cn1cccc(C(F)(F)F)c1=O. The van der Waals surface area contributed by atoms with Crippen LogP contribution in [0.25, 0.3) is 0 Å². The first-order valence-electron chi connectivity index (χ1n) is 5.72. The van der Waals surface area contributed by atoms with Crippen LogP contribution in [0.2, 0.25) is 0 Å². The van der Waals surface area contributed by atoms with Gasteiger partial charge in [0.2, 0.25) is 5.91 Å². The maximum atomic E-state index is 12.6. The highest BCUT2D eigenvalue weighted by Gasteiger charge is 2.34. The Morgan fingerprint density at radius 2 is 2.15 bits per heavy atom. The number of nitrogens with zero attached hydrogens (tertiary/aromatic N) is 3. The molecule has 0 aliphatic heterocycles. The summed E-state index contributed by atoms with van der Waals surface area (Å²) in [4.78, 5) is 24.6. The van der Waals surface area contributed by atoms with E-state index >= 15 is 0 Å². The lowest BCUT2D eigenvalue weighted by Crippen LogP contribution is -2.37. The molecule has 5 nitrogen and oxygen atoms in total. The molecule has 0 aliphatic rings. The number of nitriles is 1. The van der Waals surface area contributed by atoms with Gasteiger partial charge in [0.05, 0.1) is 6.07 Å². The number of carbonyl (C=O) groups is 1. The van der Waals surface area contributed by atoms with Gasteiger partial charge in [0.15, 0.2) is 0 Å². The zero-order valence-electron chi connectivity index (χ0n) is 10.6. The van der Waals surface area contributed by atoms with Crippen molar-refractivity contribution in [3.8, 4) is 6.07 Å². The summed E-state index contributed by atoms with van der Waals surface area (Å²) in [6, 6.07) is 3.49. The van der Waals surface area contributed by atoms with Gasteiger partial charge in [-0.15, -0.1) is 0 Å². The topological polar surface area (TPSA) is 66.1 Å². The molecule has 0 bridgehead atoms. The van der Waals surface area contributed by atoms with E-state index in [1.165, 1.54) is 0 Å². The zero-order valence-corrected chi connectivity index (χ0v) is 10.6. The zero-order chi connectivity index (χ0) is 15.3. The summed E-state index contributed by atoms with van der Waals surface area (Å²) in [6.07, 6.45) is -3.66. The van der Waals surface area contributed by atoms with Crippen LogP contribution in [-0.2, 0) is 17.5 Å². The summed E-state index contributed by atoms with van der Waals surface area (Å²) in [5, 5.41) is 8.53. The van der Waals surface area contributed by atoms with Gasteiger partial charge in [-0.2, -0.15) is 18.4 Å². The van der Waals surface area contributed by atoms with Crippen LogP contribution in [0.1, 0.15) is 12.5 Å². The minimum atomic E-state index is -4.76. The summed E-state index contributed by atoms with van der Waals surface area (Å²) in [5.74, 6) is -0.588. The molecule has 0 atom stereocenters. The third-order valence-corrected chi connectivity index (χ3v) is 2.63. The fourth-order valence-electron chi connectivity index (χ4n) is 1.58. The van der Waals surface area contributed by atoms with Crippen molar-refractivity contribution in [2.75, 3.05) is 13.1 Å². The predicted octanol–water partition coefficient (Wildman–Crippen LogP) is 1.24. The molecule has 0 N–H and O–H groups in total. The molecule has 0 unspecified atom stereocenters. The molecule has 108 valence electrons. The lowest BCUT2D eigenvalue weighted by Gasteiger charge is -2.18. The molecule has 0 saturated carbocycles. The lowest BCUT2D eigenvalue weighted by atomic mass is 10.2. The Morgan fingerprint density at radius 1 is 1.50 bits per heavy atom. The van der Waals surface area contributed by atoms with Crippen LogP contribution >= 0.6 is 0 Å². The molecule has 0 saturated heterocycles. The number of alkyl halides is 3. The molecule has 0 aliphatic carbocycles. The molecule has 1 rings (SSSR count). The van der Waals surface area contributed by atoms with E-state index in [0.29, 0.717) is 10.6 Å². The minimum absolute atomic E-state index is 0.178. The number of hydrogen-bond donors (Lipinski definition) is 0. The Morgan fingerprint density at radius 3 is 2.65 bits per heavy atom. The first kappa shape index (κ1) is 15.8. The molecule has 0 radical (unpaired) electrons. The van der Waals surface area contributed by atoms with Crippen LogP contribution in [0.3, 0.4) is 0 Å². The molecular formula is C12H12F3N3O2. The molecule has 1 aromatic heterocycles. The van der Waals surface area contributed by atoms with Gasteiger partial charge in [-0.3, -0.25) is 9.59 Å². The second kappa shape index (κ2) is 6.23. The summed E-state index contributed by atoms with van der Waals surface area (Å²) < 4.78 is 38.4. The highest BCUT2D eigenvalue weighted by Crippen LogP contribution is 2.25. The Kier molecular flexibility index (Phi) is 4.91. The number of hydrogen-bond acceptors (Lipinski definition) is 3. The van der Waals surface area contributed by atoms with Crippen LogP contribution < -0.4 is 5.56 Å². The monoisotopic (exact) mass is 287 g/mol. The van der Waals surface area contributed by atoms with Gasteiger partial charge in [0.25, 0.3) is 5.56 Å². The molecule has 20 heavy (non-hydrogen) atoms. The first-order valence-corrected chi connectivity index (χ1v) is 5.72. The standard InChI is InChI=1S/C12H12F3N3O2/c1-2-17(7-5-16)10(19)8-18-6-3-4-9(11(18)20)12(13,14)15/h3-4,6H,2,7-8H2,1H3. The summed E-state index contributed by atoms with van der Waals surface area (Å²) in [5.41, 5.74) is -2.60. The molecule has 1 amide bonds. The second-order valence-corrected chi connectivity index (χ2v) is 3.92. The smallest absolute Gasteiger partial charge is 0.328 e. The van der Waals surface area contributed by atoms with Gasteiger partial charge in [-0.25, -0.2) is 0 Å². The van der Waals surface area contributed by atoms with E-state index in [9.17, 15) is 22.8 Å². The van der Waals surface area contributed by atoms with Crippen molar-refractivity contribution in [1.82, 2.24) is 9.47 Å². The van der Waals surface area contributed by atoms with Crippen LogP contribution in [0.4, 0.5) is 13.2 Å². The van der Waals surface area contributed by atoms with Crippen LogP contribution in [0.15, 0.2) is 23.1 Å². The first-order chi connectivity index (χ1) is 9.31. The normalized spacial score (nSPS) is 10.9. The molecule has 0 aromatic carbocycles. The van der Waals surface area contributed by atoms with Crippen LogP contribution in [0, 0.1) is 11.3 Å². The summed E-state index contributed by atoms with van der Waals surface area (Å²) >= 11 is 0. The van der Waals surface area contributed by atoms with E-state index in [-0.39, 0.29) is 13.1 Å². The summed E-state index contributed by atoms with van der Waals surface area (Å²) in [7, 11) is 0. The highest BCUT2D eigenvalue weighted by molar-refractivity contribution is 5.76. The number of aromatic nitrogens is 1. The van der Waals surface area contributed by atoms with E-state index < -0.39 is 29.8 Å². The van der Waals surface area contributed by atoms with E-state index in [1.54, 1.807) is 13.0 Å². The van der Waals surface area contributed by atoms with Crippen molar-refractivity contribution >= 4 is 5.91 Å². The molecule has 8 heteroatoms. The van der Waals surface area contributed by atoms with Crippen molar-refractivity contribution in [3.63, 3.8) is 0 Å². The van der Waals surface area contributed by atoms with Crippen molar-refractivity contribution in [1.29, 1.82) is 5.26 Å². The Labute approximate surface area is 112 Å². The Hall–Kier alpha value is -2.30. The van der Waals surface area contributed by atoms with Crippen molar-refractivity contribution in [2.45, 2.75) is 19.6 Å². The average molecular weight is 287 g/mol. The molecule has 0 spiro atoms. The number of halogens is 3. The quantitative estimate of drug-likeness (QED) is 0.782. The van der Waals surface area contributed by atoms with Gasteiger partial charge in [0, 0.05) is 12.7 Å². The summed E-state index contributed by atoms with van der Waals surface area (Å²) in [6.45, 7) is 1.16. The molecule has 0 fully saturated rings. The average Bonchev–Trinajstić information content (AvgIpc) is 2.36. The van der Waals surface area contributed by atoms with E-state index in [0.717, 1.165) is 17.2 Å². The fourth-order valence-corrected chi connectivity index (χ4v) is 1.58. The minimum Gasteiger partial charge on any atom is -0.328 e. The number of amides is 1. The van der Waals surface area contributed by atoms with Gasteiger partial charge in [0.1, 0.15) is 18.7 Å². The molecule has 1 heterocycles. The van der Waals surface area contributed by atoms with Crippen LogP contribution in [-0.4, -0.2) is 28.5 Å². The Balaban J connectivity index is 3.03. The van der Waals surface area contributed by atoms with Gasteiger partial charge in [-0.05, 0) is 19.1 Å². The van der Waals surface area contributed by atoms with E-state index in [4.69, 9.17) is 5.26 Å². The number of carbonyl (C=O) groups excluding carboxylic acids is 1. The molecule has 1 aromatic rings.